The number of benzene rings is 2. The molecule has 2 aliphatic heterocycles. The van der Waals surface area contributed by atoms with E-state index in [4.69, 9.17) is 18.9 Å². The Balaban J connectivity index is 1.74. The van der Waals surface area contributed by atoms with Crippen molar-refractivity contribution in [2.24, 2.45) is 0 Å². The lowest BCUT2D eigenvalue weighted by Crippen LogP contribution is -2.45. The van der Waals surface area contributed by atoms with Crippen molar-refractivity contribution >= 4 is 0 Å². The molecule has 0 amide bonds. The molecule has 6 nitrogen and oxygen atoms in total. The highest BCUT2D eigenvalue weighted by molar-refractivity contribution is 5.50. The van der Waals surface area contributed by atoms with E-state index in [9.17, 15) is 0 Å². The molecule has 1 unspecified atom stereocenters. The molecular weight excluding hydrogens is 344 g/mol. The van der Waals surface area contributed by atoms with E-state index >= 15 is 0 Å². The number of rotatable bonds is 6. The van der Waals surface area contributed by atoms with Gasteiger partial charge in [0, 0.05) is 26.2 Å². The Kier molecular flexibility index (Phi) is 5.36. The van der Waals surface area contributed by atoms with E-state index in [0.717, 1.165) is 49.2 Å². The van der Waals surface area contributed by atoms with E-state index in [0.29, 0.717) is 6.61 Å². The number of ether oxygens (including phenoxy) is 4. The van der Waals surface area contributed by atoms with Crippen LogP contribution < -0.4 is 24.3 Å². The quantitative estimate of drug-likeness (QED) is 0.844. The summed E-state index contributed by atoms with van der Waals surface area (Å²) in [4.78, 5) is 2.49. The number of nitrogens with one attached hydrogen (secondary N) is 1. The smallest absolute Gasteiger partial charge is 0.231 e. The molecule has 0 aromatic heterocycles. The first-order chi connectivity index (χ1) is 13.3. The van der Waals surface area contributed by atoms with Gasteiger partial charge in [-0.2, -0.15) is 0 Å². The monoisotopic (exact) mass is 370 g/mol. The Labute approximate surface area is 160 Å². The van der Waals surface area contributed by atoms with Gasteiger partial charge in [0.05, 0.1) is 19.8 Å². The fraction of sp³-hybridized carbons (Fsp3) is 0.429. The van der Waals surface area contributed by atoms with E-state index in [1.54, 1.807) is 7.11 Å². The lowest BCUT2D eigenvalue weighted by Gasteiger charge is -2.35. The third kappa shape index (κ3) is 3.68. The lowest BCUT2D eigenvalue weighted by molar-refractivity contribution is 0.173. The average Bonchev–Trinajstić information content (AvgIpc) is 3.18. The van der Waals surface area contributed by atoms with Gasteiger partial charge in [-0.15, -0.1) is 0 Å². The normalized spacial score (nSPS) is 17.6. The van der Waals surface area contributed by atoms with Gasteiger partial charge in [0.15, 0.2) is 23.0 Å². The first-order valence-corrected chi connectivity index (χ1v) is 9.45. The minimum atomic E-state index is 0.117. The highest BCUT2D eigenvalue weighted by Crippen LogP contribution is 2.39. The fourth-order valence-electron chi connectivity index (χ4n) is 3.77. The van der Waals surface area contributed by atoms with E-state index in [-0.39, 0.29) is 12.8 Å². The van der Waals surface area contributed by atoms with Crippen LogP contribution in [-0.2, 0) is 0 Å². The highest BCUT2D eigenvalue weighted by atomic mass is 16.7. The molecule has 0 saturated carbocycles. The Morgan fingerprint density at radius 2 is 1.74 bits per heavy atom. The summed E-state index contributed by atoms with van der Waals surface area (Å²) in [5.41, 5.74) is 2.36. The van der Waals surface area contributed by atoms with Crippen LogP contribution in [0.2, 0.25) is 0 Å². The number of nitrogens with zero attached hydrogens (tertiary/aromatic N) is 1. The van der Waals surface area contributed by atoms with E-state index in [1.165, 1.54) is 11.1 Å². The maximum atomic E-state index is 5.69. The van der Waals surface area contributed by atoms with Crippen LogP contribution in [0.3, 0.4) is 0 Å². The molecule has 0 aliphatic carbocycles. The molecule has 0 bridgehead atoms. The lowest BCUT2D eigenvalue weighted by atomic mass is 9.95. The molecule has 1 saturated heterocycles. The zero-order valence-corrected chi connectivity index (χ0v) is 15.9. The molecule has 2 aromatic rings. The minimum absolute atomic E-state index is 0.117. The van der Waals surface area contributed by atoms with Crippen LogP contribution in [0.4, 0.5) is 0 Å². The first-order valence-electron chi connectivity index (χ1n) is 9.45. The summed E-state index contributed by atoms with van der Waals surface area (Å²) in [5.74, 6) is 3.15. The summed E-state index contributed by atoms with van der Waals surface area (Å²) in [5, 5.41) is 3.43. The molecule has 6 heteroatoms. The fourth-order valence-corrected chi connectivity index (χ4v) is 3.77. The SMILES string of the molecule is CCOc1ccc(C(c2ccc3c(c2)OCO3)N2CCNCC2)cc1OC. The van der Waals surface area contributed by atoms with Gasteiger partial charge in [-0.05, 0) is 42.3 Å². The van der Waals surface area contributed by atoms with Crippen molar-refractivity contribution in [1.82, 2.24) is 10.2 Å². The molecule has 144 valence electrons. The Bertz CT molecular complexity index is 790. The molecule has 0 radical (unpaired) electrons. The number of piperazine rings is 1. The molecule has 2 aromatic carbocycles. The molecule has 27 heavy (non-hydrogen) atoms. The van der Waals surface area contributed by atoms with Crippen molar-refractivity contribution in [3.05, 3.63) is 47.5 Å². The standard InChI is InChI=1S/C21H26N2O4/c1-3-25-17-6-4-15(12-19(17)24-2)21(23-10-8-22-9-11-23)16-5-7-18-20(13-16)27-14-26-18/h4-7,12-13,21-22H,3,8-11,14H2,1-2H3. The Morgan fingerprint density at radius 1 is 1.00 bits per heavy atom. The highest BCUT2D eigenvalue weighted by Gasteiger charge is 2.27. The molecular formula is C21H26N2O4. The summed E-state index contributed by atoms with van der Waals surface area (Å²) >= 11 is 0. The first kappa shape index (κ1) is 17.9. The third-order valence-electron chi connectivity index (χ3n) is 5.03. The summed E-state index contributed by atoms with van der Waals surface area (Å²) in [6.45, 7) is 6.80. The van der Waals surface area contributed by atoms with Gasteiger partial charge < -0.3 is 24.3 Å². The topological polar surface area (TPSA) is 52.2 Å². The molecule has 0 spiro atoms. The molecule has 2 aliphatic rings. The van der Waals surface area contributed by atoms with Crippen molar-refractivity contribution in [1.29, 1.82) is 0 Å². The van der Waals surface area contributed by atoms with Gasteiger partial charge in [-0.3, -0.25) is 4.90 Å². The second-order valence-electron chi connectivity index (χ2n) is 6.64. The molecule has 1 N–H and O–H groups in total. The number of fused-ring (bicyclic) bond motifs is 1. The second kappa shape index (κ2) is 8.06. The zero-order valence-electron chi connectivity index (χ0n) is 15.9. The number of methoxy groups -OCH3 is 1. The molecule has 2 heterocycles. The average molecular weight is 370 g/mol. The van der Waals surface area contributed by atoms with Gasteiger partial charge in [-0.1, -0.05) is 12.1 Å². The van der Waals surface area contributed by atoms with Crippen molar-refractivity contribution in [2.75, 3.05) is 46.7 Å². The van der Waals surface area contributed by atoms with E-state index in [1.807, 2.05) is 19.1 Å². The van der Waals surface area contributed by atoms with Crippen LogP contribution in [0.5, 0.6) is 23.0 Å². The molecule has 1 atom stereocenters. The van der Waals surface area contributed by atoms with Crippen molar-refractivity contribution in [3.63, 3.8) is 0 Å². The maximum Gasteiger partial charge on any atom is 0.231 e. The van der Waals surface area contributed by atoms with Crippen LogP contribution in [0, 0.1) is 0 Å². The van der Waals surface area contributed by atoms with Gasteiger partial charge in [0.1, 0.15) is 0 Å². The maximum absolute atomic E-state index is 5.69. The largest absolute Gasteiger partial charge is 0.493 e. The zero-order chi connectivity index (χ0) is 18.6. The van der Waals surface area contributed by atoms with Crippen molar-refractivity contribution < 1.29 is 18.9 Å². The predicted octanol–water partition coefficient (Wildman–Crippen LogP) is 2.82. The Morgan fingerprint density at radius 3 is 2.52 bits per heavy atom. The van der Waals surface area contributed by atoms with Crippen molar-refractivity contribution in [3.8, 4) is 23.0 Å². The predicted molar refractivity (Wildman–Crippen MR) is 103 cm³/mol. The number of hydrogen-bond acceptors (Lipinski definition) is 6. The summed E-state index contributed by atoms with van der Waals surface area (Å²) in [6.07, 6.45) is 0. The third-order valence-corrected chi connectivity index (χ3v) is 5.03. The Hall–Kier alpha value is -2.44. The van der Waals surface area contributed by atoms with Gasteiger partial charge in [0.25, 0.3) is 0 Å². The van der Waals surface area contributed by atoms with Crippen LogP contribution in [0.15, 0.2) is 36.4 Å². The second-order valence-corrected chi connectivity index (χ2v) is 6.64. The van der Waals surface area contributed by atoms with Crippen LogP contribution in [0.25, 0.3) is 0 Å². The number of hydrogen-bond donors (Lipinski definition) is 1. The van der Waals surface area contributed by atoms with Gasteiger partial charge in [0.2, 0.25) is 6.79 Å². The summed E-state index contributed by atoms with van der Waals surface area (Å²) in [7, 11) is 1.68. The van der Waals surface area contributed by atoms with E-state index < -0.39 is 0 Å². The van der Waals surface area contributed by atoms with Gasteiger partial charge >= 0.3 is 0 Å². The van der Waals surface area contributed by atoms with Crippen molar-refractivity contribution in [2.45, 2.75) is 13.0 Å². The minimum Gasteiger partial charge on any atom is -0.493 e. The summed E-state index contributed by atoms with van der Waals surface area (Å²) < 4.78 is 22.4. The van der Waals surface area contributed by atoms with E-state index in [2.05, 4.69) is 34.5 Å². The molecule has 1 fully saturated rings. The summed E-state index contributed by atoms with van der Waals surface area (Å²) in [6, 6.07) is 12.6. The van der Waals surface area contributed by atoms with Crippen LogP contribution in [-0.4, -0.2) is 51.6 Å². The molecule has 4 rings (SSSR count). The van der Waals surface area contributed by atoms with Crippen LogP contribution in [0.1, 0.15) is 24.1 Å². The van der Waals surface area contributed by atoms with Crippen LogP contribution >= 0.6 is 0 Å². The van der Waals surface area contributed by atoms with Gasteiger partial charge in [-0.25, -0.2) is 0 Å².